The number of quaternary nitrogens is 1. The third-order valence-electron chi connectivity index (χ3n) is 4.50. The molecule has 0 saturated heterocycles. The Morgan fingerprint density at radius 3 is 2.24 bits per heavy atom. The normalized spacial score (nSPS) is 15.2. The van der Waals surface area contributed by atoms with Crippen LogP contribution in [-0.4, -0.2) is 73.6 Å². The molecule has 0 amide bonds. The number of aliphatic carboxylic acids is 1. The Kier molecular flexibility index (Phi) is 17.2. The minimum Gasteiger partial charge on any atom is -0.481 e. The first-order valence-corrected chi connectivity index (χ1v) is 12.2. The Labute approximate surface area is 179 Å². The standard InChI is InChI=1S/C21H44NO6P/c1-6-7-8-9-11-14-19(2)26-15-12-10-13-16-27-29(25)28-20(17-21(23)24)18-22(3,4)5/h19-20,25H,6-18H2,1-5H3/p+1/t19?,20-,29?/m1/s1. The molecule has 0 aromatic carbocycles. The largest absolute Gasteiger partial charge is 0.481 e. The molecule has 0 aliphatic carbocycles. The zero-order valence-corrected chi connectivity index (χ0v) is 20.2. The van der Waals surface area contributed by atoms with Gasteiger partial charge in [-0.15, -0.1) is 0 Å². The number of likely N-dealkylation sites (N-methyl/N-ethyl adjacent to an activating group) is 1. The van der Waals surface area contributed by atoms with Crippen LogP contribution in [-0.2, 0) is 18.6 Å². The maximum absolute atomic E-state index is 11.0. The Morgan fingerprint density at radius 2 is 1.62 bits per heavy atom. The van der Waals surface area contributed by atoms with E-state index in [2.05, 4.69) is 13.8 Å². The zero-order chi connectivity index (χ0) is 22.1. The molecule has 7 nitrogen and oxygen atoms in total. The van der Waals surface area contributed by atoms with Crippen molar-refractivity contribution in [3.63, 3.8) is 0 Å². The summed E-state index contributed by atoms with van der Waals surface area (Å²) in [5, 5.41) is 9.00. The van der Waals surface area contributed by atoms with Crippen LogP contribution in [0.1, 0.15) is 78.1 Å². The predicted molar refractivity (Wildman–Crippen MR) is 118 cm³/mol. The van der Waals surface area contributed by atoms with Crippen LogP contribution in [0.25, 0.3) is 0 Å². The summed E-state index contributed by atoms with van der Waals surface area (Å²) in [5.41, 5.74) is 0. The van der Waals surface area contributed by atoms with Gasteiger partial charge in [-0.25, -0.2) is 0 Å². The monoisotopic (exact) mass is 438 g/mol. The average molecular weight is 439 g/mol. The fourth-order valence-corrected chi connectivity index (χ4v) is 3.77. The van der Waals surface area contributed by atoms with Gasteiger partial charge in [0.05, 0.1) is 40.3 Å². The lowest BCUT2D eigenvalue weighted by Crippen LogP contribution is -2.42. The van der Waals surface area contributed by atoms with Crippen molar-refractivity contribution in [2.45, 2.75) is 90.3 Å². The van der Waals surface area contributed by atoms with Crippen LogP contribution in [0.3, 0.4) is 0 Å². The summed E-state index contributed by atoms with van der Waals surface area (Å²) < 4.78 is 17.2. The van der Waals surface area contributed by atoms with Gasteiger partial charge in [-0.2, -0.15) is 0 Å². The number of carboxylic acids is 1. The van der Waals surface area contributed by atoms with Gasteiger partial charge in [-0.3, -0.25) is 4.79 Å². The number of carboxylic acid groups (broad SMARTS) is 1. The zero-order valence-electron chi connectivity index (χ0n) is 19.3. The van der Waals surface area contributed by atoms with Crippen molar-refractivity contribution in [1.29, 1.82) is 0 Å². The lowest BCUT2D eigenvalue weighted by atomic mass is 10.1. The van der Waals surface area contributed by atoms with Gasteiger partial charge in [0, 0.05) is 6.61 Å². The van der Waals surface area contributed by atoms with Gasteiger partial charge in [0.15, 0.2) is 0 Å². The first kappa shape index (κ1) is 28.7. The second kappa shape index (κ2) is 17.4. The molecular weight excluding hydrogens is 393 g/mol. The van der Waals surface area contributed by atoms with Crippen molar-refractivity contribution in [3.05, 3.63) is 0 Å². The minimum absolute atomic E-state index is 0.146. The fraction of sp³-hybridized carbons (Fsp3) is 0.952. The first-order valence-electron chi connectivity index (χ1n) is 11.1. The van der Waals surface area contributed by atoms with E-state index in [0.717, 1.165) is 32.3 Å². The quantitative estimate of drug-likeness (QED) is 0.162. The molecule has 0 bridgehead atoms. The van der Waals surface area contributed by atoms with Gasteiger partial charge in [0.1, 0.15) is 12.6 Å². The lowest BCUT2D eigenvalue weighted by Gasteiger charge is -2.29. The SMILES string of the molecule is CCCCCCCC(C)OCCCCCOP(O)O[C@H](CC(=O)O)C[N+](C)(C)C. The van der Waals surface area contributed by atoms with E-state index < -0.39 is 20.7 Å². The van der Waals surface area contributed by atoms with Crippen LogP contribution in [0.5, 0.6) is 0 Å². The molecular formula is C21H45NO6P+. The minimum atomic E-state index is -2.05. The molecule has 2 unspecified atom stereocenters. The number of rotatable bonds is 20. The number of carbonyl (C=O) groups is 1. The summed E-state index contributed by atoms with van der Waals surface area (Å²) in [7, 11) is 3.80. The number of hydrogen-bond donors (Lipinski definition) is 2. The van der Waals surface area contributed by atoms with Crippen LogP contribution in [0.4, 0.5) is 0 Å². The van der Waals surface area contributed by atoms with E-state index in [1.807, 2.05) is 21.1 Å². The highest BCUT2D eigenvalue weighted by Gasteiger charge is 2.25. The highest BCUT2D eigenvalue weighted by molar-refractivity contribution is 7.40. The third kappa shape index (κ3) is 20.7. The van der Waals surface area contributed by atoms with Crippen LogP contribution < -0.4 is 0 Å². The fourth-order valence-electron chi connectivity index (χ4n) is 3.03. The molecule has 8 heteroatoms. The van der Waals surface area contributed by atoms with E-state index in [0.29, 0.717) is 23.7 Å². The molecule has 0 spiro atoms. The van der Waals surface area contributed by atoms with Gasteiger partial charge in [0.2, 0.25) is 0 Å². The van der Waals surface area contributed by atoms with E-state index in [-0.39, 0.29) is 6.42 Å². The number of nitrogens with zero attached hydrogens (tertiary/aromatic N) is 1. The van der Waals surface area contributed by atoms with Gasteiger partial charge >= 0.3 is 14.6 Å². The van der Waals surface area contributed by atoms with Crippen molar-refractivity contribution in [3.8, 4) is 0 Å². The summed E-state index contributed by atoms with van der Waals surface area (Å²) in [4.78, 5) is 20.9. The van der Waals surface area contributed by atoms with Crippen LogP contribution >= 0.6 is 8.60 Å². The highest BCUT2D eigenvalue weighted by atomic mass is 31.2. The molecule has 0 aromatic rings. The first-order chi connectivity index (χ1) is 13.6. The average Bonchev–Trinajstić information content (AvgIpc) is 2.58. The maximum atomic E-state index is 11.0. The molecule has 3 atom stereocenters. The molecule has 29 heavy (non-hydrogen) atoms. The molecule has 0 radical (unpaired) electrons. The highest BCUT2D eigenvalue weighted by Crippen LogP contribution is 2.36. The summed E-state index contributed by atoms with van der Waals surface area (Å²) in [5.74, 6) is -0.943. The molecule has 0 aliphatic heterocycles. The predicted octanol–water partition coefficient (Wildman–Crippen LogP) is 4.72. The summed E-state index contributed by atoms with van der Waals surface area (Å²) in [6.45, 7) is 6.02. The lowest BCUT2D eigenvalue weighted by molar-refractivity contribution is -0.873. The van der Waals surface area contributed by atoms with Gasteiger partial charge in [-0.1, -0.05) is 39.0 Å². The Hall–Kier alpha value is -0.300. The molecule has 2 N–H and O–H groups in total. The summed E-state index contributed by atoms with van der Waals surface area (Å²) in [6, 6.07) is 0. The van der Waals surface area contributed by atoms with E-state index in [1.165, 1.54) is 32.1 Å². The molecule has 0 aromatic heterocycles. The topological polar surface area (TPSA) is 85.2 Å². The third-order valence-corrected chi connectivity index (χ3v) is 5.38. The second-order valence-electron chi connectivity index (χ2n) is 8.81. The van der Waals surface area contributed by atoms with E-state index in [1.54, 1.807) is 0 Å². The van der Waals surface area contributed by atoms with Crippen molar-refractivity contribution in [2.75, 3.05) is 40.9 Å². The van der Waals surface area contributed by atoms with E-state index >= 15 is 0 Å². The molecule has 0 saturated carbocycles. The van der Waals surface area contributed by atoms with Crippen molar-refractivity contribution >= 4 is 14.6 Å². The van der Waals surface area contributed by atoms with Crippen molar-refractivity contribution in [2.24, 2.45) is 0 Å². The van der Waals surface area contributed by atoms with Crippen molar-refractivity contribution in [1.82, 2.24) is 0 Å². The van der Waals surface area contributed by atoms with Gasteiger partial charge in [-0.05, 0) is 32.6 Å². The molecule has 0 heterocycles. The Morgan fingerprint density at radius 1 is 1.00 bits per heavy atom. The molecule has 0 aliphatic rings. The smallest absolute Gasteiger partial charge is 0.330 e. The number of ether oxygens (including phenoxy) is 1. The van der Waals surface area contributed by atoms with E-state index in [9.17, 15) is 9.69 Å². The van der Waals surface area contributed by atoms with Crippen molar-refractivity contribution < 1.29 is 33.1 Å². The summed E-state index contributed by atoms with van der Waals surface area (Å²) in [6.07, 6.45) is 9.95. The van der Waals surface area contributed by atoms with E-state index in [4.69, 9.17) is 18.9 Å². The Bertz CT molecular complexity index is 405. The number of unbranched alkanes of at least 4 members (excludes halogenated alkanes) is 6. The summed E-state index contributed by atoms with van der Waals surface area (Å²) >= 11 is 0. The molecule has 0 rings (SSSR count). The molecule has 174 valence electrons. The van der Waals surface area contributed by atoms with Crippen LogP contribution in [0.2, 0.25) is 0 Å². The Balaban J connectivity index is 3.73. The number of hydrogen-bond acceptors (Lipinski definition) is 5. The van der Waals surface area contributed by atoms with Crippen LogP contribution in [0.15, 0.2) is 0 Å². The van der Waals surface area contributed by atoms with Gasteiger partial charge in [0.25, 0.3) is 0 Å². The van der Waals surface area contributed by atoms with Crippen LogP contribution in [0, 0.1) is 0 Å². The van der Waals surface area contributed by atoms with Gasteiger partial charge < -0.3 is 28.3 Å². The maximum Gasteiger partial charge on any atom is 0.330 e. The second-order valence-corrected chi connectivity index (χ2v) is 9.76. The molecule has 0 fully saturated rings.